The van der Waals surface area contributed by atoms with Crippen LogP contribution < -0.4 is 4.74 Å². The summed E-state index contributed by atoms with van der Waals surface area (Å²) >= 11 is 0. The zero-order chi connectivity index (χ0) is 17.9. The van der Waals surface area contributed by atoms with Crippen LogP contribution in [0.25, 0.3) is 0 Å². The van der Waals surface area contributed by atoms with E-state index < -0.39 is 11.4 Å². The Bertz CT molecular complexity index is 710. The first-order valence-corrected chi connectivity index (χ1v) is 8.11. The monoisotopic (exact) mass is 328 g/mol. The fraction of sp³-hybridized carbons (Fsp3) is 0.400. The van der Waals surface area contributed by atoms with Crippen LogP contribution in [-0.2, 0) is 16.0 Å². The summed E-state index contributed by atoms with van der Waals surface area (Å²) < 4.78 is 10.5. The van der Waals surface area contributed by atoms with E-state index in [2.05, 4.69) is 6.58 Å². The molecule has 0 saturated heterocycles. The van der Waals surface area contributed by atoms with Gasteiger partial charge >= 0.3 is 5.97 Å². The van der Waals surface area contributed by atoms with Gasteiger partial charge < -0.3 is 9.47 Å². The molecule has 1 aliphatic rings. The Kier molecular flexibility index (Phi) is 5.27. The highest BCUT2D eigenvalue weighted by Crippen LogP contribution is 2.44. The molecule has 0 heterocycles. The fourth-order valence-corrected chi connectivity index (χ4v) is 3.41. The van der Waals surface area contributed by atoms with Crippen molar-refractivity contribution in [2.75, 3.05) is 13.7 Å². The first-order chi connectivity index (χ1) is 11.4. The van der Waals surface area contributed by atoms with Gasteiger partial charge in [-0.25, -0.2) is 0 Å². The molecule has 0 bridgehead atoms. The lowest BCUT2D eigenvalue weighted by molar-refractivity contribution is -0.150. The van der Waals surface area contributed by atoms with Crippen LogP contribution in [0.2, 0.25) is 0 Å². The van der Waals surface area contributed by atoms with Gasteiger partial charge in [-0.1, -0.05) is 18.2 Å². The molecule has 0 fully saturated rings. The van der Waals surface area contributed by atoms with Crippen molar-refractivity contribution in [1.82, 2.24) is 0 Å². The van der Waals surface area contributed by atoms with Crippen LogP contribution in [0.4, 0.5) is 0 Å². The molecule has 0 unspecified atom stereocenters. The molecule has 0 spiro atoms. The van der Waals surface area contributed by atoms with Crippen LogP contribution in [0.3, 0.4) is 0 Å². The smallest absolute Gasteiger partial charge is 0.324 e. The number of carbonyl (C=O) groups is 2. The van der Waals surface area contributed by atoms with E-state index in [0.717, 1.165) is 11.1 Å². The summed E-state index contributed by atoms with van der Waals surface area (Å²) in [5.74, 6) is -0.00939. The van der Waals surface area contributed by atoms with Crippen molar-refractivity contribution in [2.45, 2.75) is 33.6 Å². The second-order valence-corrected chi connectivity index (χ2v) is 6.10. The van der Waals surface area contributed by atoms with Gasteiger partial charge in [0.15, 0.2) is 11.2 Å². The third-order valence-corrected chi connectivity index (χ3v) is 4.54. The van der Waals surface area contributed by atoms with E-state index in [1.165, 1.54) is 0 Å². The number of carbonyl (C=O) groups excluding carboxylic acids is 2. The number of Topliss-reactive ketones (excluding diaryl/α,β-unsaturated/α-hetero) is 1. The summed E-state index contributed by atoms with van der Waals surface area (Å²) in [5.41, 5.74) is 1.68. The minimum absolute atomic E-state index is 0.221. The van der Waals surface area contributed by atoms with Gasteiger partial charge in [0.1, 0.15) is 5.75 Å². The minimum Gasteiger partial charge on any atom is -0.497 e. The first kappa shape index (κ1) is 18.0. The van der Waals surface area contributed by atoms with E-state index in [4.69, 9.17) is 9.47 Å². The molecule has 0 radical (unpaired) electrons. The number of hydrogen-bond donors (Lipinski definition) is 0. The maximum Gasteiger partial charge on any atom is 0.324 e. The molecule has 1 atom stereocenters. The highest BCUT2D eigenvalue weighted by Gasteiger charge is 2.52. The second kappa shape index (κ2) is 7.04. The number of aryl methyl sites for hydroxylation is 1. The van der Waals surface area contributed by atoms with E-state index in [0.29, 0.717) is 29.7 Å². The number of fused-ring (bicyclic) bond motifs is 1. The predicted molar refractivity (Wildman–Crippen MR) is 93.3 cm³/mol. The van der Waals surface area contributed by atoms with Crippen molar-refractivity contribution in [3.8, 4) is 5.75 Å². The number of methoxy groups -OCH3 is 1. The topological polar surface area (TPSA) is 52.6 Å². The van der Waals surface area contributed by atoms with Crippen LogP contribution in [0, 0.1) is 5.41 Å². The lowest BCUT2D eigenvalue weighted by atomic mass is 9.65. The lowest BCUT2D eigenvalue weighted by Gasteiger charge is -2.36. The zero-order valence-electron chi connectivity index (χ0n) is 14.8. The van der Waals surface area contributed by atoms with E-state index in [1.807, 2.05) is 19.9 Å². The maximum atomic E-state index is 13.3. The first-order valence-electron chi connectivity index (χ1n) is 8.11. The predicted octanol–water partition coefficient (Wildman–Crippen LogP) is 3.90. The van der Waals surface area contributed by atoms with Gasteiger partial charge in [-0.05, 0) is 62.9 Å². The Morgan fingerprint density at radius 3 is 2.62 bits per heavy atom. The summed E-state index contributed by atoms with van der Waals surface area (Å²) in [4.78, 5) is 26.2. The van der Waals surface area contributed by atoms with Crippen molar-refractivity contribution >= 4 is 11.8 Å². The van der Waals surface area contributed by atoms with Gasteiger partial charge in [-0.15, -0.1) is 0 Å². The van der Waals surface area contributed by atoms with Crippen LogP contribution in [0.15, 0.2) is 42.0 Å². The average Bonchev–Trinajstić information content (AvgIpc) is 2.57. The molecule has 1 aromatic carbocycles. The number of hydrogen-bond acceptors (Lipinski definition) is 4. The molecule has 1 aromatic rings. The molecule has 0 saturated carbocycles. The number of rotatable bonds is 5. The van der Waals surface area contributed by atoms with Gasteiger partial charge in [-0.2, -0.15) is 0 Å². The van der Waals surface area contributed by atoms with Crippen molar-refractivity contribution in [3.05, 3.63) is 53.1 Å². The summed E-state index contributed by atoms with van der Waals surface area (Å²) in [6, 6.07) is 5.34. The van der Waals surface area contributed by atoms with E-state index in [-0.39, 0.29) is 12.4 Å². The van der Waals surface area contributed by atoms with E-state index in [1.54, 1.807) is 32.2 Å². The SMILES string of the molecule is C=CC(=C(C)C)[C@]1(C(=O)OCC)CCc2cc(OC)ccc2C1=O. The summed E-state index contributed by atoms with van der Waals surface area (Å²) in [5, 5.41) is 0. The van der Waals surface area contributed by atoms with Gasteiger partial charge in [0.25, 0.3) is 0 Å². The second-order valence-electron chi connectivity index (χ2n) is 6.10. The van der Waals surface area contributed by atoms with Crippen molar-refractivity contribution in [2.24, 2.45) is 5.41 Å². The minimum atomic E-state index is -1.31. The summed E-state index contributed by atoms with van der Waals surface area (Å²) in [6.07, 6.45) is 2.58. The number of ether oxygens (including phenoxy) is 2. The average molecular weight is 328 g/mol. The molecule has 0 amide bonds. The number of ketones is 1. The lowest BCUT2D eigenvalue weighted by Crippen LogP contribution is -2.45. The van der Waals surface area contributed by atoms with Crippen LogP contribution in [0.5, 0.6) is 5.75 Å². The summed E-state index contributed by atoms with van der Waals surface area (Å²) in [6.45, 7) is 9.57. The Hall–Kier alpha value is -2.36. The highest BCUT2D eigenvalue weighted by atomic mass is 16.5. The molecule has 4 heteroatoms. The van der Waals surface area contributed by atoms with E-state index >= 15 is 0 Å². The molecule has 0 N–H and O–H groups in total. The van der Waals surface area contributed by atoms with Gasteiger partial charge in [0.2, 0.25) is 0 Å². The Morgan fingerprint density at radius 2 is 2.08 bits per heavy atom. The zero-order valence-corrected chi connectivity index (χ0v) is 14.8. The van der Waals surface area contributed by atoms with Crippen LogP contribution in [0.1, 0.15) is 43.1 Å². The maximum absolute atomic E-state index is 13.3. The molecule has 128 valence electrons. The number of esters is 1. The fourth-order valence-electron chi connectivity index (χ4n) is 3.41. The van der Waals surface area contributed by atoms with Crippen molar-refractivity contribution in [1.29, 1.82) is 0 Å². The standard InChI is InChI=1S/C20H24O4/c1-6-17(13(3)4)20(19(22)24-7-2)11-10-14-12-15(23-5)8-9-16(14)18(20)21/h6,8-9,12H,1,7,10-11H2,2-5H3/t20-/m1/s1. The van der Waals surface area contributed by atoms with Gasteiger partial charge in [0.05, 0.1) is 13.7 Å². The van der Waals surface area contributed by atoms with Gasteiger partial charge in [0, 0.05) is 5.56 Å². The number of benzene rings is 1. The molecule has 2 rings (SSSR count). The number of allylic oxidation sites excluding steroid dienone is 2. The molecule has 0 aromatic heterocycles. The summed E-state index contributed by atoms with van der Waals surface area (Å²) in [7, 11) is 1.59. The Morgan fingerprint density at radius 1 is 1.38 bits per heavy atom. The largest absolute Gasteiger partial charge is 0.497 e. The molecular weight excluding hydrogens is 304 g/mol. The molecule has 1 aliphatic carbocycles. The highest BCUT2D eigenvalue weighted by molar-refractivity contribution is 6.17. The van der Waals surface area contributed by atoms with Crippen LogP contribution in [-0.4, -0.2) is 25.5 Å². The molecule has 4 nitrogen and oxygen atoms in total. The normalized spacial score (nSPS) is 19.2. The Balaban J connectivity index is 2.65. The van der Waals surface area contributed by atoms with E-state index in [9.17, 15) is 9.59 Å². The van der Waals surface area contributed by atoms with Crippen molar-refractivity contribution in [3.63, 3.8) is 0 Å². The van der Waals surface area contributed by atoms with Crippen LogP contribution >= 0.6 is 0 Å². The third kappa shape index (κ3) is 2.77. The quantitative estimate of drug-likeness (QED) is 0.467. The van der Waals surface area contributed by atoms with Gasteiger partial charge in [-0.3, -0.25) is 9.59 Å². The Labute approximate surface area is 143 Å². The molecular formula is C20H24O4. The van der Waals surface area contributed by atoms with Crippen molar-refractivity contribution < 1.29 is 19.1 Å². The molecule has 0 aliphatic heterocycles. The molecule has 24 heavy (non-hydrogen) atoms. The third-order valence-electron chi connectivity index (χ3n) is 4.54.